The number of ether oxygens (including phenoxy) is 3. The van der Waals surface area contributed by atoms with Gasteiger partial charge in [-0.15, -0.1) is 0 Å². The molecule has 1 aliphatic rings. The van der Waals surface area contributed by atoms with Gasteiger partial charge in [-0.05, 0) is 18.4 Å². The lowest BCUT2D eigenvalue weighted by Gasteiger charge is -2.35. The third-order valence-corrected chi connectivity index (χ3v) is 4.45. The molecule has 1 heterocycles. The van der Waals surface area contributed by atoms with E-state index in [-0.39, 0.29) is 24.6 Å². The van der Waals surface area contributed by atoms with E-state index < -0.39 is 6.29 Å². The zero-order valence-corrected chi connectivity index (χ0v) is 14.5. The Morgan fingerprint density at radius 2 is 1.64 bits per heavy atom. The molecule has 0 saturated carbocycles. The highest BCUT2D eigenvalue weighted by molar-refractivity contribution is 5.69. The van der Waals surface area contributed by atoms with Gasteiger partial charge < -0.3 is 14.2 Å². The second kappa shape index (κ2) is 8.79. The van der Waals surface area contributed by atoms with Gasteiger partial charge in [-0.3, -0.25) is 4.79 Å². The summed E-state index contributed by atoms with van der Waals surface area (Å²) in [6, 6.07) is 20.2. The molecule has 1 aliphatic heterocycles. The fraction of sp³-hybridized carbons (Fsp3) is 0.381. The summed E-state index contributed by atoms with van der Waals surface area (Å²) in [5, 5.41) is 0. The number of carbonyl (C=O) groups excluding carboxylic acids is 1. The lowest BCUT2D eigenvalue weighted by Crippen LogP contribution is -2.35. The van der Waals surface area contributed by atoms with Gasteiger partial charge in [0.1, 0.15) is 0 Å². The van der Waals surface area contributed by atoms with E-state index in [9.17, 15) is 4.79 Å². The van der Waals surface area contributed by atoms with Crippen molar-refractivity contribution in [2.24, 2.45) is 0 Å². The van der Waals surface area contributed by atoms with Crippen LogP contribution in [0.3, 0.4) is 0 Å². The molecule has 0 spiro atoms. The average molecular weight is 340 g/mol. The van der Waals surface area contributed by atoms with Crippen molar-refractivity contribution >= 4 is 5.97 Å². The summed E-state index contributed by atoms with van der Waals surface area (Å²) in [7, 11) is 1.41. The van der Waals surface area contributed by atoms with Crippen LogP contribution in [0.5, 0.6) is 0 Å². The molecule has 4 heteroatoms. The van der Waals surface area contributed by atoms with Gasteiger partial charge in [0.25, 0.3) is 0 Å². The first-order chi connectivity index (χ1) is 12.2. The van der Waals surface area contributed by atoms with Crippen LogP contribution >= 0.6 is 0 Å². The third-order valence-electron chi connectivity index (χ3n) is 4.45. The molecular formula is C21H24O4. The molecule has 3 rings (SSSR count). The molecule has 0 aliphatic carbocycles. The second-order valence-electron chi connectivity index (χ2n) is 6.30. The number of aryl methyl sites for hydroxylation is 1. The zero-order chi connectivity index (χ0) is 17.5. The Hall–Kier alpha value is -2.17. The van der Waals surface area contributed by atoms with Gasteiger partial charge in [-0.1, -0.05) is 60.7 Å². The van der Waals surface area contributed by atoms with Crippen molar-refractivity contribution < 1.29 is 19.0 Å². The molecular weight excluding hydrogens is 316 g/mol. The summed E-state index contributed by atoms with van der Waals surface area (Å²) in [5.41, 5.74) is 2.26. The standard InChI is InChI=1S/C21H24O4/c1-23-20(22)15-19-14-18(13-12-16-8-4-2-5-9-16)24-21(25-19)17-10-6-3-7-11-17/h2-11,18-19,21H,12-15H2,1H3/t18-,19+,21-/m1/s1. The number of benzene rings is 2. The number of methoxy groups -OCH3 is 1. The maximum absolute atomic E-state index is 11.7. The molecule has 1 saturated heterocycles. The van der Waals surface area contributed by atoms with E-state index in [4.69, 9.17) is 14.2 Å². The quantitative estimate of drug-likeness (QED) is 0.744. The molecule has 3 atom stereocenters. The summed E-state index contributed by atoms with van der Waals surface area (Å²) < 4.78 is 17.0. The topological polar surface area (TPSA) is 44.8 Å². The highest BCUT2D eigenvalue weighted by atomic mass is 16.7. The normalized spacial score (nSPS) is 23.2. The molecule has 0 bridgehead atoms. The van der Waals surface area contributed by atoms with Crippen LogP contribution in [-0.4, -0.2) is 25.3 Å². The van der Waals surface area contributed by atoms with Gasteiger partial charge in [0, 0.05) is 12.0 Å². The Morgan fingerprint density at radius 1 is 1.00 bits per heavy atom. The van der Waals surface area contributed by atoms with Crippen LogP contribution in [0.2, 0.25) is 0 Å². The lowest BCUT2D eigenvalue weighted by atomic mass is 9.99. The Morgan fingerprint density at radius 3 is 2.32 bits per heavy atom. The maximum atomic E-state index is 11.7. The van der Waals surface area contributed by atoms with Crippen molar-refractivity contribution in [3.8, 4) is 0 Å². The summed E-state index contributed by atoms with van der Waals surface area (Å²) in [4.78, 5) is 11.7. The van der Waals surface area contributed by atoms with E-state index in [1.807, 2.05) is 48.5 Å². The Kier molecular flexibility index (Phi) is 6.20. The van der Waals surface area contributed by atoms with Crippen molar-refractivity contribution in [3.05, 3.63) is 71.8 Å². The molecule has 1 fully saturated rings. The van der Waals surface area contributed by atoms with Crippen molar-refractivity contribution in [1.82, 2.24) is 0 Å². The van der Waals surface area contributed by atoms with Gasteiger partial charge in [0.2, 0.25) is 0 Å². The largest absolute Gasteiger partial charge is 0.469 e. The first-order valence-electron chi connectivity index (χ1n) is 8.71. The van der Waals surface area contributed by atoms with Crippen LogP contribution in [0.4, 0.5) is 0 Å². The van der Waals surface area contributed by atoms with E-state index in [0.29, 0.717) is 6.42 Å². The predicted molar refractivity (Wildman–Crippen MR) is 94.9 cm³/mol. The van der Waals surface area contributed by atoms with Gasteiger partial charge in [-0.2, -0.15) is 0 Å². The van der Waals surface area contributed by atoms with Crippen LogP contribution in [0, 0.1) is 0 Å². The minimum atomic E-state index is -0.439. The molecule has 4 nitrogen and oxygen atoms in total. The van der Waals surface area contributed by atoms with Gasteiger partial charge in [-0.25, -0.2) is 0 Å². The minimum absolute atomic E-state index is 0.0498. The zero-order valence-electron chi connectivity index (χ0n) is 14.5. The summed E-state index contributed by atoms with van der Waals surface area (Å²) >= 11 is 0. The highest BCUT2D eigenvalue weighted by Gasteiger charge is 2.32. The summed E-state index contributed by atoms with van der Waals surface area (Å²) in [5.74, 6) is -0.250. The Balaban J connectivity index is 1.67. The average Bonchev–Trinajstić information content (AvgIpc) is 2.67. The highest BCUT2D eigenvalue weighted by Crippen LogP contribution is 2.32. The fourth-order valence-electron chi connectivity index (χ4n) is 3.11. The molecule has 0 aromatic heterocycles. The van der Waals surface area contributed by atoms with Crippen LogP contribution < -0.4 is 0 Å². The predicted octanol–water partition coefficient (Wildman–Crippen LogP) is 4.06. The van der Waals surface area contributed by atoms with Gasteiger partial charge >= 0.3 is 5.97 Å². The molecule has 0 unspecified atom stereocenters. The smallest absolute Gasteiger partial charge is 0.308 e. The van der Waals surface area contributed by atoms with Crippen molar-refractivity contribution in [2.75, 3.05) is 7.11 Å². The second-order valence-corrected chi connectivity index (χ2v) is 6.30. The van der Waals surface area contributed by atoms with Crippen molar-refractivity contribution in [3.63, 3.8) is 0 Å². The summed E-state index contributed by atoms with van der Waals surface area (Å²) in [6.07, 6.45) is 2.22. The van der Waals surface area contributed by atoms with E-state index in [0.717, 1.165) is 18.4 Å². The van der Waals surface area contributed by atoms with E-state index >= 15 is 0 Å². The molecule has 25 heavy (non-hydrogen) atoms. The lowest BCUT2D eigenvalue weighted by molar-refractivity contribution is -0.250. The molecule has 2 aromatic carbocycles. The number of carbonyl (C=O) groups is 1. The van der Waals surface area contributed by atoms with Crippen LogP contribution in [0.1, 0.15) is 36.7 Å². The Labute approximate surface area is 148 Å². The van der Waals surface area contributed by atoms with Crippen molar-refractivity contribution in [1.29, 1.82) is 0 Å². The van der Waals surface area contributed by atoms with E-state index in [1.165, 1.54) is 12.7 Å². The van der Waals surface area contributed by atoms with Gasteiger partial charge in [0.15, 0.2) is 6.29 Å². The number of rotatable bonds is 6. The van der Waals surface area contributed by atoms with Crippen LogP contribution in [0.25, 0.3) is 0 Å². The maximum Gasteiger partial charge on any atom is 0.308 e. The first-order valence-corrected chi connectivity index (χ1v) is 8.71. The van der Waals surface area contributed by atoms with Crippen LogP contribution in [0.15, 0.2) is 60.7 Å². The van der Waals surface area contributed by atoms with Crippen molar-refractivity contribution in [2.45, 2.75) is 44.2 Å². The monoisotopic (exact) mass is 340 g/mol. The third kappa shape index (κ3) is 5.15. The number of esters is 1. The fourth-order valence-corrected chi connectivity index (χ4v) is 3.11. The molecule has 2 aromatic rings. The van der Waals surface area contributed by atoms with E-state index in [1.54, 1.807) is 0 Å². The van der Waals surface area contributed by atoms with E-state index in [2.05, 4.69) is 12.1 Å². The SMILES string of the molecule is COC(=O)C[C@@H]1C[C@@H](CCc2ccccc2)O[C@@H](c2ccccc2)O1. The summed E-state index contributed by atoms with van der Waals surface area (Å²) in [6.45, 7) is 0. The Bertz CT molecular complexity index is 656. The molecule has 0 amide bonds. The van der Waals surface area contributed by atoms with Crippen LogP contribution in [-0.2, 0) is 25.4 Å². The number of hydrogen-bond acceptors (Lipinski definition) is 4. The first kappa shape index (κ1) is 17.6. The minimum Gasteiger partial charge on any atom is -0.469 e. The van der Waals surface area contributed by atoms with Gasteiger partial charge in [0.05, 0.1) is 25.7 Å². The molecule has 0 N–H and O–H groups in total. The molecule has 0 radical (unpaired) electrons. The molecule has 132 valence electrons. The number of hydrogen-bond donors (Lipinski definition) is 0.